The van der Waals surface area contributed by atoms with Crippen molar-refractivity contribution in [2.24, 2.45) is 0 Å². The van der Waals surface area contributed by atoms with E-state index >= 15 is 0 Å². The topological polar surface area (TPSA) is 81.5 Å². The lowest BCUT2D eigenvalue weighted by Gasteiger charge is -2.38. The van der Waals surface area contributed by atoms with Gasteiger partial charge in [0.1, 0.15) is 17.1 Å². The number of anilines is 2. The minimum Gasteiger partial charge on any atom is -0.491 e. The molecule has 2 heterocycles. The molecule has 6 heteroatoms. The molecule has 0 amide bonds. The van der Waals surface area contributed by atoms with Gasteiger partial charge in [-0.05, 0) is 73.7 Å². The van der Waals surface area contributed by atoms with E-state index in [-0.39, 0.29) is 12.2 Å². The minimum absolute atomic E-state index is 0.00938. The van der Waals surface area contributed by atoms with Crippen LogP contribution in [0.3, 0.4) is 0 Å². The van der Waals surface area contributed by atoms with Crippen molar-refractivity contribution in [3.63, 3.8) is 0 Å². The van der Waals surface area contributed by atoms with E-state index in [1.165, 1.54) is 0 Å². The molecule has 6 nitrogen and oxygen atoms in total. The van der Waals surface area contributed by atoms with Crippen LogP contribution in [0.25, 0.3) is 0 Å². The summed E-state index contributed by atoms with van der Waals surface area (Å²) >= 11 is 0. The number of hydrogen-bond donors (Lipinski definition) is 3. The van der Waals surface area contributed by atoms with E-state index in [9.17, 15) is 10.5 Å². The number of nitrogens with zero attached hydrogens (tertiary/aromatic N) is 2. The summed E-state index contributed by atoms with van der Waals surface area (Å²) in [4.78, 5) is 6.82. The second-order valence-corrected chi connectivity index (χ2v) is 11.8. The Kier molecular flexibility index (Phi) is 8.94. The van der Waals surface area contributed by atoms with Gasteiger partial charge in [-0.15, -0.1) is 0 Å². The lowest BCUT2D eigenvalue weighted by atomic mass is 9.76. The smallest absolute Gasteiger partial charge is 0.129 e. The molecule has 1 aliphatic rings. The first kappa shape index (κ1) is 30.1. The molecular formula is C39H40N4O2. The predicted molar refractivity (Wildman–Crippen MR) is 183 cm³/mol. The fraction of sp³-hybridized carbons (Fsp3) is 0.231. The molecule has 0 unspecified atom stereocenters. The third-order valence-corrected chi connectivity index (χ3v) is 8.40. The van der Waals surface area contributed by atoms with Crippen LogP contribution in [0, 0.1) is 5.41 Å². The van der Waals surface area contributed by atoms with Crippen LogP contribution in [0.15, 0.2) is 128 Å². The molecule has 1 aromatic heterocycles. The summed E-state index contributed by atoms with van der Waals surface area (Å²) in [7, 11) is 0. The van der Waals surface area contributed by atoms with Crippen LogP contribution in [0.5, 0.6) is 5.75 Å². The quantitative estimate of drug-likeness (QED) is 0.114. The van der Waals surface area contributed by atoms with Crippen LogP contribution >= 0.6 is 0 Å². The molecule has 3 N–H and O–H groups in total. The molecule has 45 heavy (non-hydrogen) atoms. The number of aliphatic hydroxyl groups excluding tert-OH is 1. The van der Waals surface area contributed by atoms with Crippen molar-refractivity contribution in [1.82, 2.24) is 4.98 Å². The Morgan fingerprint density at radius 1 is 0.822 bits per heavy atom. The molecule has 5 aromatic rings. The van der Waals surface area contributed by atoms with Crippen molar-refractivity contribution in [2.45, 2.75) is 44.4 Å². The molecule has 228 valence electrons. The molecule has 4 aromatic carbocycles. The summed E-state index contributed by atoms with van der Waals surface area (Å²) in [5, 5.41) is 23.6. The maximum absolute atomic E-state index is 10.0. The van der Waals surface area contributed by atoms with Gasteiger partial charge in [0.2, 0.25) is 0 Å². The van der Waals surface area contributed by atoms with E-state index in [0.29, 0.717) is 24.3 Å². The molecule has 0 spiro atoms. The van der Waals surface area contributed by atoms with E-state index in [1.54, 1.807) is 6.20 Å². The molecule has 0 radical (unpaired) electrons. The lowest BCUT2D eigenvalue weighted by Crippen LogP contribution is -2.38. The van der Waals surface area contributed by atoms with Crippen LogP contribution in [0.2, 0.25) is 0 Å². The van der Waals surface area contributed by atoms with Gasteiger partial charge in [-0.2, -0.15) is 0 Å². The van der Waals surface area contributed by atoms with Gasteiger partial charge in [-0.25, -0.2) is 4.98 Å². The van der Waals surface area contributed by atoms with E-state index < -0.39 is 5.54 Å². The van der Waals surface area contributed by atoms with Gasteiger partial charge >= 0.3 is 0 Å². The second-order valence-electron chi connectivity index (χ2n) is 11.8. The minimum atomic E-state index is -0.753. The van der Waals surface area contributed by atoms with Crippen molar-refractivity contribution in [1.29, 1.82) is 5.41 Å². The number of nitrogens with one attached hydrogen (secondary N) is 2. The lowest BCUT2D eigenvalue weighted by molar-refractivity contribution is 0.145. The van der Waals surface area contributed by atoms with Gasteiger partial charge < -0.3 is 20.1 Å². The Morgan fingerprint density at radius 2 is 1.38 bits per heavy atom. The van der Waals surface area contributed by atoms with E-state index in [4.69, 9.17) is 4.74 Å². The highest BCUT2D eigenvalue weighted by Gasteiger charge is 2.37. The summed E-state index contributed by atoms with van der Waals surface area (Å²) in [6.45, 7) is 5.49. The fourth-order valence-electron chi connectivity index (χ4n) is 6.16. The van der Waals surface area contributed by atoms with Crippen LogP contribution in [-0.4, -0.2) is 41.1 Å². The second kappa shape index (κ2) is 13.4. The van der Waals surface area contributed by atoms with E-state index in [0.717, 1.165) is 52.4 Å². The number of ether oxygens (including phenoxy) is 1. The SMILES string of the molecule is CC(C)Oc1ccc(NC(c2ccccc2)(c2ccccc2)c2ccccc2)c(C(=N)c2ccnc(N3CCC(O)CC3)c2)c1. The molecule has 0 atom stereocenters. The van der Waals surface area contributed by atoms with Gasteiger partial charge in [0.25, 0.3) is 0 Å². The Morgan fingerprint density at radius 3 is 1.91 bits per heavy atom. The summed E-state index contributed by atoms with van der Waals surface area (Å²) in [5.41, 5.74) is 5.18. The Bertz CT molecular complexity index is 1620. The van der Waals surface area contributed by atoms with Crippen molar-refractivity contribution in [3.8, 4) is 5.75 Å². The van der Waals surface area contributed by atoms with Gasteiger partial charge in [0, 0.05) is 36.1 Å². The van der Waals surface area contributed by atoms with Gasteiger partial charge in [0.15, 0.2) is 0 Å². The normalized spacial score (nSPS) is 13.9. The highest BCUT2D eigenvalue weighted by Crippen LogP contribution is 2.41. The summed E-state index contributed by atoms with van der Waals surface area (Å²) in [6, 6.07) is 41.3. The van der Waals surface area contributed by atoms with Crippen LogP contribution in [0.1, 0.15) is 54.5 Å². The monoisotopic (exact) mass is 596 g/mol. The first-order chi connectivity index (χ1) is 21.9. The maximum atomic E-state index is 10.0. The zero-order chi connectivity index (χ0) is 31.2. The van der Waals surface area contributed by atoms with E-state index in [2.05, 4.69) is 88.0 Å². The zero-order valence-electron chi connectivity index (χ0n) is 25.9. The third kappa shape index (κ3) is 6.47. The van der Waals surface area contributed by atoms with Crippen LogP contribution in [-0.2, 0) is 5.54 Å². The summed E-state index contributed by atoms with van der Waals surface area (Å²) < 4.78 is 6.14. The Labute approximate surface area is 265 Å². The summed E-state index contributed by atoms with van der Waals surface area (Å²) in [5.74, 6) is 1.53. The zero-order valence-corrected chi connectivity index (χ0v) is 25.9. The number of aromatic nitrogens is 1. The largest absolute Gasteiger partial charge is 0.491 e. The summed E-state index contributed by atoms with van der Waals surface area (Å²) in [6.07, 6.45) is 2.93. The van der Waals surface area contributed by atoms with Crippen molar-refractivity contribution in [2.75, 3.05) is 23.3 Å². The van der Waals surface area contributed by atoms with Gasteiger partial charge in [-0.1, -0.05) is 91.0 Å². The van der Waals surface area contributed by atoms with Gasteiger partial charge in [-0.3, -0.25) is 5.41 Å². The maximum Gasteiger partial charge on any atom is 0.129 e. The molecule has 0 bridgehead atoms. The molecule has 6 rings (SSSR count). The number of hydrogen-bond acceptors (Lipinski definition) is 6. The van der Waals surface area contributed by atoms with E-state index in [1.807, 2.05) is 62.4 Å². The Balaban J connectivity index is 1.49. The average molecular weight is 597 g/mol. The predicted octanol–water partition coefficient (Wildman–Crippen LogP) is 7.65. The Hall–Kier alpha value is -4.94. The highest BCUT2D eigenvalue weighted by molar-refractivity contribution is 6.14. The molecule has 1 aliphatic heterocycles. The van der Waals surface area contributed by atoms with Crippen LogP contribution in [0.4, 0.5) is 11.5 Å². The number of benzene rings is 4. The number of aliphatic hydroxyl groups is 1. The number of rotatable bonds is 10. The van der Waals surface area contributed by atoms with Crippen molar-refractivity contribution < 1.29 is 9.84 Å². The third-order valence-electron chi connectivity index (χ3n) is 8.40. The first-order valence-electron chi connectivity index (χ1n) is 15.7. The first-order valence-corrected chi connectivity index (χ1v) is 15.7. The molecule has 1 saturated heterocycles. The standard InChI is InChI=1S/C39H40N4O2/c1-28(2)45-34-18-19-36(35(27-34)38(40)29-20-23-41-37(26-29)43-24-21-33(44)22-25-43)42-39(30-12-6-3-7-13-30,31-14-8-4-9-15-31)32-16-10-5-11-17-32/h3-20,23,26-28,33,40,42,44H,21-22,24-25H2,1-2H3. The molecular weight excluding hydrogens is 556 g/mol. The van der Waals surface area contributed by atoms with Gasteiger partial charge in [0.05, 0.1) is 17.9 Å². The number of piperidine rings is 1. The highest BCUT2D eigenvalue weighted by atomic mass is 16.5. The number of pyridine rings is 1. The molecule has 0 saturated carbocycles. The molecule has 1 fully saturated rings. The van der Waals surface area contributed by atoms with Crippen molar-refractivity contribution >= 4 is 17.2 Å². The van der Waals surface area contributed by atoms with Crippen LogP contribution < -0.4 is 15.0 Å². The fourth-order valence-corrected chi connectivity index (χ4v) is 6.16. The molecule has 0 aliphatic carbocycles. The van der Waals surface area contributed by atoms with Crippen molar-refractivity contribution in [3.05, 3.63) is 155 Å². The average Bonchev–Trinajstić information content (AvgIpc) is 3.09.